The van der Waals surface area contributed by atoms with Gasteiger partial charge in [-0.1, -0.05) is 138 Å². The molecule has 282 valence electrons. The zero-order valence-electron chi connectivity index (χ0n) is 33.5. The molecule has 3 aromatic heterocycles. The Morgan fingerprint density at radius 1 is 0.339 bits per heavy atom. The number of fused-ring (bicyclic) bond motifs is 3. The first kappa shape index (κ1) is 35.9. The minimum absolute atomic E-state index is 0.595. The molecule has 0 N–H and O–H groups in total. The van der Waals surface area contributed by atoms with Gasteiger partial charge in [-0.05, 0) is 110 Å². The van der Waals surface area contributed by atoms with Crippen molar-refractivity contribution in [3.8, 4) is 73.2 Å². The molecule has 0 fully saturated rings. The number of pyridine rings is 1. The van der Waals surface area contributed by atoms with Crippen molar-refractivity contribution in [1.82, 2.24) is 24.5 Å². The van der Waals surface area contributed by atoms with Crippen molar-refractivity contribution in [2.75, 3.05) is 0 Å². The second-order valence-corrected chi connectivity index (χ2v) is 15.6. The average molecular weight is 760 g/mol. The molecule has 59 heavy (non-hydrogen) atoms. The lowest BCUT2D eigenvalue weighted by Gasteiger charge is -2.16. The Bertz CT molecular complexity index is 2980. The van der Waals surface area contributed by atoms with E-state index in [0.717, 1.165) is 44.5 Å². The van der Waals surface area contributed by atoms with E-state index in [4.69, 9.17) is 15.0 Å². The van der Waals surface area contributed by atoms with Gasteiger partial charge in [0.25, 0.3) is 0 Å². The highest BCUT2D eigenvalue weighted by atomic mass is 15.1. The topological polar surface area (TPSA) is 56.5 Å². The third kappa shape index (κ3) is 6.87. The third-order valence-corrected chi connectivity index (χ3v) is 11.1. The quantitative estimate of drug-likeness (QED) is 0.162. The minimum Gasteiger partial charge on any atom is -0.308 e. The van der Waals surface area contributed by atoms with Gasteiger partial charge in [0, 0.05) is 39.9 Å². The van der Waals surface area contributed by atoms with Crippen molar-refractivity contribution >= 4 is 21.8 Å². The Balaban J connectivity index is 1.28. The first-order valence-corrected chi connectivity index (χ1v) is 20.0. The monoisotopic (exact) mass is 759 g/mol. The second kappa shape index (κ2) is 14.8. The van der Waals surface area contributed by atoms with Crippen molar-refractivity contribution < 1.29 is 0 Å². The maximum absolute atomic E-state index is 5.26. The van der Waals surface area contributed by atoms with Gasteiger partial charge < -0.3 is 4.57 Å². The number of hydrogen-bond acceptors (Lipinski definition) is 4. The van der Waals surface area contributed by atoms with Crippen molar-refractivity contribution in [2.45, 2.75) is 27.7 Å². The summed E-state index contributed by atoms with van der Waals surface area (Å²) in [6.45, 7) is 8.67. The predicted octanol–water partition coefficient (Wildman–Crippen LogP) is 13.6. The Labute approximate surface area is 344 Å². The molecule has 5 nitrogen and oxygen atoms in total. The van der Waals surface area contributed by atoms with Crippen LogP contribution in [0.2, 0.25) is 0 Å². The molecule has 0 unspecified atom stereocenters. The average Bonchev–Trinajstić information content (AvgIpc) is 3.59. The number of nitrogens with zero attached hydrogens (tertiary/aromatic N) is 5. The van der Waals surface area contributed by atoms with Gasteiger partial charge >= 0.3 is 0 Å². The van der Waals surface area contributed by atoms with E-state index >= 15 is 0 Å². The fourth-order valence-electron chi connectivity index (χ4n) is 8.49. The van der Waals surface area contributed by atoms with Gasteiger partial charge in [0.15, 0.2) is 17.5 Å². The first-order chi connectivity index (χ1) is 28.8. The Kier molecular flexibility index (Phi) is 8.99. The van der Waals surface area contributed by atoms with Crippen molar-refractivity contribution in [2.24, 2.45) is 0 Å². The number of rotatable bonds is 7. The smallest absolute Gasteiger partial charge is 0.166 e. The molecule has 0 aliphatic heterocycles. The Morgan fingerprint density at radius 3 is 1.27 bits per heavy atom. The molecule has 0 amide bonds. The van der Waals surface area contributed by atoms with E-state index in [-0.39, 0.29) is 0 Å². The normalized spacial score (nSPS) is 11.4. The zero-order valence-corrected chi connectivity index (χ0v) is 33.5. The Morgan fingerprint density at radius 2 is 0.780 bits per heavy atom. The molecule has 5 heteroatoms. The van der Waals surface area contributed by atoms with Crippen LogP contribution in [0.3, 0.4) is 0 Å². The van der Waals surface area contributed by atoms with E-state index in [1.54, 1.807) is 0 Å². The third-order valence-electron chi connectivity index (χ3n) is 11.1. The van der Waals surface area contributed by atoms with E-state index in [0.29, 0.717) is 17.5 Å². The minimum atomic E-state index is 0.595. The van der Waals surface area contributed by atoms with E-state index in [9.17, 15) is 0 Å². The highest BCUT2D eigenvalue weighted by Crippen LogP contribution is 2.41. The van der Waals surface area contributed by atoms with E-state index < -0.39 is 0 Å². The van der Waals surface area contributed by atoms with Gasteiger partial charge in [-0.15, -0.1) is 0 Å². The predicted molar refractivity (Wildman–Crippen MR) is 244 cm³/mol. The maximum Gasteiger partial charge on any atom is 0.166 e. The number of aryl methyl sites for hydroxylation is 4. The molecule has 0 saturated heterocycles. The van der Waals surface area contributed by atoms with Crippen LogP contribution < -0.4 is 0 Å². The zero-order chi connectivity index (χ0) is 40.0. The molecule has 7 aromatic carbocycles. The van der Waals surface area contributed by atoms with Crippen LogP contribution in [-0.4, -0.2) is 24.5 Å². The first-order valence-electron chi connectivity index (χ1n) is 20.0. The van der Waals surface area contributed by atoms with Gasteiger partial charge in [0.2, 0.25) is 0 Å². The largest absolute Gasteiger partial charge is 0.308 e. The number of hydrogen-bond donors (Lipinski definition) is 0. The summed E-state index contributed by atoms with van der Waals surface area (Å²) >= 11 is 0. The van der Waals surface area contributed by atoms with Crippen LogP contribution in [0, 0.1) is 27.7 Å². The van der Waals surface area contributed by atoms with Crippen molar-refractivity contribution in [3.05, 3.63) is 198 Å². The van der Waals surface area contributed by atoms with E-state index in [1.165, 1.54) is 55.3 Å². The highest BCUT2D eigenvalue weighted by Gasteiger charge is 2.21. The van der Waals surface area contributed by atoms with E-state index in [1.807, 2.05) is 60.9 Å². The van der Waals surface area contributed by atoms with Crippen LogP contribution in [0.15, 0.2) is 176 Å². The molecule has 0 atom stereocenters. The van der Waals surface area contributed by atoms with Gasteiger partial charge in [-0.3, -0.25) is 4.98 Å². The standard InChI is InChI=1S/C54H41N5/c1-34-25-35(2)28-44(27-34)42-16-18-49-46(31-42)47-32-43(45-29-36(3)26-37(4)30-45)17-19-50(47)59(49)51-20-15-41(38-21-23-55-24-22-38)33-48(51)54-57-52(39-11-7-5-8-12-39)56-53(58-54)40-13-9-6-10-14-40/h5-33H,1-4H3. The molecule has 0 saturated carbocycles. The molecule has 0 spiro atoms. The van der Waals surface area contributed by atoms with E-state index in [2.05, 4.69) is 153 Å². The summed E-state index contributed by atoms with van der Waals surface area (Å²) in [6.07, 6.45) is 3.67. The number of benzene rings is 7. The summed E-state index contributed by atoms with van der Waals surface area (Å²) < 4.78 is 2.39. The molecule has 0 aliphatic carbocycles. The summed E-state index contributed by atoms with van der Waals surface area (Å²) in [6, 6.07) is 58.4. The molecule has 10 aromatic rings. The molecular weight excluding hydrogens is 719 g/mol. The fourth-order valence-corrected chi connectivity index (χ4v) is 8.49. The van der Waals surface area contributed by atoms with Crippen molar-refractivity contribution in [3.63, 3.8) is 0 Å². The van der Waals surface area contributed by atoms with Crippen LogP contribution in [0.5, 0.6) is 0 Å². The maximum atomic E-state index is 5.26. The molecule has 10 rings (SSSR count). The van der Waals surface area contributed by atoms with Gasteiger partial charge in [0.05, 0.1) is 16.7 Å². The summed E-state index contributed by atoms with van der Waals surface area (Å²) in [5, 5.41) is 2.36. The van der Waals surface area contributed by atoms with Crippen LogP contribution in [-0.2, 0) is 0 Å². The van der Waals surface area contributed by atoms with Crippen LogP contribution >= 0.6 is 0 Å². The van der Waals surface area contributed by atoms with Crippen LogP contribution in [0.4, 0.5) is 0 Å². The molecule has 0 aliphatic rings. The van der Waals surface area contributed by atoms with Crippen LogP contribution in [0.1, 0.15) is 22.3 Å². The lowest BCUT2D eigenvalue weighted by Crippen LogP contribution is -2.04. The summed E-state index contributed by atoms with van der Waals surface area (Å²) in [4.78, 5) is 19.9. The summed E-state index contributed by atoms with van der Waals surface area (Å²) in [7, 11) is 0. The highest BCUT2D eigenvalue weighted by molar-refractivity contribution is 6.12. The number of aromatic nitrogens is 5. The molecule has 3 heterocycles. The van der Waals surface area contributed by atoms with Gasteiger partial charge in [-0.25, -0.2) is 15.0 Å². The van der Waals surface area contributed by atoms with Crippen LogP contribution in [0.25, 0.3) is 95.0 Å². The molecule has 0 radical (unpaired) electrons. The fraction of sp³-hybridized carbons (Fsp3) is 0.0741. The second-order valence-electron chi connectivity index (χ2n) is 15.6. The van der Waals surface area contributed by atoms with Gasteiger partial charge in [-0.2, -0.15) is 0 Å². The molecule has 0 bridgehead atoms. The Hall–Kier alpha value is -7.50. The lowest BCUT2D eigenvalue weighted by molar-refractivity contribution is 1.06. The van der Waals surface area contributed by atoms with Gasteiger partial charge in [0.1, 0.15) is 0 Å². The summed E-state index contributed by atoms with van der Waals surface area (Å²) in [5.41, 5.74) is 17.8. The molecular formula is C54H41N5. The van der Waals surface area contributed by atoms with Crippen molar-refractivity contribution in [1.29, 1.82) is 0 Å². The SMILES string of the molecule is Cc1cc(C)cc(-c2ccc3c(c2)c2cc(-c4cc(C)cc(C)c4)ccc2n3-c2ccc(-c3ccncc3)cc2-c2nc(-c3ccccc3)nc(-c3ccccc3)n2)c1. The summed E-state index contributed by atoms with van der Waals surface area (Å²) in [5.74, 6) is 1.83. The lowest BCUT2D eigenvalue weighted by atomic mass is 9.97.